The molecule has 1 aromatic heterocycles. The van der Waals surface area contributed by atoms with Gasteiger partial charge >= 0.3 is 0 Å². The van der Waals surface area contributed by atoms with Gasteiger partial charge in [0.2, 0.25) is 0 Å². The molecule has 0 amide bonds. The molecule has 1 heterocycles. The SMILES string of the molecule is CCOc1cncc(C(CC2(OC)CCC2)NC)c1. The predicted molar refractivity (Wildman–Crippen MR) is 75.4 cm³/mol. The van der Waals surface area contributed by atoms with E-state index in [0.29, 0.717) is 6.61 Å². The minimum Gasteiger partial charge on any atom is -0.492 e. The molecule has 4 heteroatoms. The van der Waals surface area contributed by atoms with Crippen LogP contribution in [0.15, 0.2) is 18.5 Å². The van der Waals surface area contributed by atoms with Crippen molar-refractivity contribution in [3.63, 3.8) is 0 Å². The molecule has 0 radical (unpaired) electrons. The number of nitrogens with zero attached hydrogens (tertiary/aromatic N) is 1. The third kappa shape index (κ3) is 3.25. The Morgan fingerprint density at radius 1 is 1.42 bits per heavy atom. The fourth-order valence-corrected chi connectivity index (χ4v) is 2.69. The molecule has 1 fully saturated rings. The van der Waals surface area contributed by atoms with E-state index in [-0.39, 0.29) is 11.6 Å². The molecule has 0 aromatic carbocycles. The summed E-state index contributed by atoms with van der Waals surface area (Å²) in [5.41, 5.74) is 1.21. The maximum atomic E-state index is 5.71. The smallest absolute Gasteiger partial charge is 0.137 e. The van der Waals surface area contributed by atoms with Crippen LogP contribution in [0.5, 0.6) is 5.75 Å². The highest BCUT2D eigenvalue weighted by Gasteiger charge is 2.39. The summed E-state index contributed by atoms with van der Waals surface area (Å²) in [5.74, 6) is 0.834. The molecule has 1 saturated carbocycles. The Morgan fingerprint density at radius 3 is 2.74 bits per heavy atom. The second-order valence-electron chi connectivity index (χ2n) is 5.17. The fourth-order valence-electron chi connectivity index (χ4n) is 2.69. The molecular formula is C15H24N2O2. The zero-order chi connectivity index (χ0) is 13.7. The number of ether oxygens (including phenoxy) is 2. The standard InChI is InChI=1S/C15H24N2O2/c1-4-19-13-8-12(10-17-11-13)14(16-2)9-15(18-3)6-5-7-15/h8,10-11,14,16H,4-7,9H2,1-3H3. The first-order chi connectivity index (χ1) is 9.23. The van der Waals surface area contributed by atoms with Crippen LogP contribution >= 0.6 is 0 Å². The quantitative estimate of drug-likeness (QED) is 0.822. The van der Waals surface area contributed by atoms with Crippen LogP contribution in [-0.2, 0) is 4.74 Å². The Labute approximate surface area is 115 Å². The first kappa shape index (κ1) is 14.3. The summed E-state index contributed by atoms with van der Waals surface area (Å²) in [7, 11) is 3.81. The Bertz CT molecular complexity index is 399. The third-order valence-electron chi connectivity index (χ3n) is 4.07. The minimum atomic E-state index is 0.0509. The van der Waals surface area contributed by atoms with Crippen molar-refractivity contribution in [2.75, 3.05) is 20.8 Å². The third-order valence-corrected chi connectivity index (χ3v) is 4.07. The highest BCUT2D eigenvalue weighted by molar-refractivity contribution is 5.26. The van der Waals surface area contributed by atoms with Gasteiger partial charge in [-0.1, -0.05) is 0 Å². The molecule has 0 spiro atoms. The first-order valence-electron chi connectivity index (χ1n) is 7.03. The van der Waals surface area contributed by atoms with Gasteiger partial charge in [0.1, 0.15) is 5.75 Å². The van der Waals surface area contributed by atoms with Crippen LogP contribution in [0.3, 0.4) is 0 Å². The molecule has 0 saturated heterocycles. The van der Waals surface area contributed by atoms with E-state index in [2.05, 4.69) is 16.4 Å². The fraction of sp³-hybridized carbons (Fsp3) is 0.667. The normalized spacial score (nSPS) is 18.7. The zero-order valence-corrected chi connectivity index (χ0v) is 12.1. The Hall–Kier alpha value is -1.13. The lowest BCUT2D eigenvalue weighted by molar-refractivity contribution is -0.0834. The van der Waals surface area contributed by atoms with Gasteiger partial charge in [-0.3, -0.25) is 4.98 Å². The monoisotopic (exact) mass is 264 g/mol. The van der Waals surface area contributed by atoms with E-state index in [9.17, 15) is 0 Å². The van der Waals surface area contributed by atoms with Gasteiger partial charge < -0.3 is 14.8 Å². The van der Waals surface area contributed by atoms with Gasteiger partial charge in [0.15, 0.2) is 0 Å². The molecule has 1 N–H and O–H groups in total. The van der Waals surface area contributed by atoms with Crippen LogP contribution in [0.1, 0.15) is 44.2 Å². The van der Waals surface area contributed by atoms with Crippen molar-refractivity contribution in [3.05, 3.63) is 24.0 Å². The average molecular weight is 264 g/mol. The van der Waals surface area contributed by atoms with Gasteiger partial charge in [-0.15, -0.1) is 0 Å². The summed E-state index contributed by atoms with van der Waals surface area (Å²) >= 11 is 0. The Balaban J connectivity index is 2.10. The lowest BCUT2D eigenvalue weighted by Crippen LogP contribution is -2.42. The number of methoxy groups -OCH3 is 1. The summed E-state index contributed by atoms with van der Waals surface area (Å²) < 4.78 is 11.2. The average Bonchev–Trinajstić information content (AvgIpc) is 2.39. The minimum absolute atomic E-state index is 0.0509. The Morgan fingerprint density at radius 2 is 2.21 bits per heavy atom. The molecule has 1 aromatic rings. The van der Waals surface area contributed by atoms with Crippen molar-refractivity contribution in [2.24, 2.45) is 0 Å². The highest BCUT2D eigenvalue weighted by atomic mass is 16.5. The predicted octanol–water partition coefficient (Wildman–Crippen LogP) is 2.70. The molecule has 0 aliphatic heterocycles. The lowest BCUT2D eigenvalue weighted by Gasteiger charge is -2.42. The van der Waals surface area contributed by atoms with E-state index >= 15 is 0 Å². The highest BCUT2D eigenvalue weighted by Crippen LogP contribution is 2.41. The van der Waals surface area contributed by atoms with E-state index < -0.39 is 0 Å². The molecule has 1 aliphatic carbocycles. The number of pyridine rings is 1. The summed E-state index contributed by atoms with van der Waals surface area (Å²) in [6.45, 7) is 2.65. The van der Waals surface area contributed by atoms with Gasteiger partial charge in [-0.2, -0.15) is 0 Å². The molecule has 4 nitrogen and oxygen atoms in total. The lowest BCUT2D eigenvalue weighted by atomic mass is 9.75. The zero-order valence-electron chi connectivity index (χ0n) is 12.1. The van der Waals surface area contributed by atoms with E-state index in [1.807, 2.05) is 27.3 Å². The maximum absolute atomic E-state index is 5.71. The molecule has 1 atom stereocenters. The van der Waals surface area contributed by atoms with Crippen LogP contribution in [-0.4, -0.2) is 31.3 Å². The molecule has 1 unspecified atom stereocenters. The molecule has 0 bridgehead atoms. The van der Waals surface area contributed by atoms with Gasteiger partial charge in [0.25, 0.3) is 0 Å². The van der Waals surface area contributed by atoms with Crippen molar-refractivity contribution in [3.8, 4) is 5.75 Å². The van der Waals surface area contributed by atoms with Crippen molar-refractivity contribution in [1.29, 1.82) is 0 Å². The van der Waals surface area contributed by atoms with E-state index in [0.717, 1.165) is 30.6 Å². The number of aromatic nitrogens is 1. The van der Waals surface area contributed by atoms with Crippen LogP contribution < -0.4 is 10.1 Å². The van der Waals surface area contributed by atoms with E-state index in [4.69, 9.17) is 9.47 Å². The second kappa shape index (κ2) is 6.35. The first-order valence-corrected chi connectivity index (χ1v) is 7.03. The summed E-state index contributed by atoms with van der Waals surface area (Å²) in [5, 5.41) is 3.37. The molecule has 1 aliphatic rings. The van der Waals surface area contributed by atoms with Gasteiger partial charge in [-0.05, 0) is 51.3 Å². The summed E-state index contributed by atoms with van der Waals surface area (Å²) in [4.78, 5) is 4.27. The molecule has 19 heavy (non-hydrogen) atoms. The van der Waals surface area contributed by atoms with Crippen LogP contribution in [0.2, 0.25) is 0 Å². The largest absolute Gasteiger partial charge is 0.492 e. The van der Waals surface area contributed by atoms with E-state index in [1.54, 1.807) is 6.20 Å². The van der Waals surface area contributed by atoms with Crippen molar-refractivity contribution in [1.82, 2.24) is 10.3 Å². The molecular weight excluding hydrogens is 240 g/mol. The molecule has 106 valence electrons. The summed E-state index contributed by atoms with van der Waals surface area (Å²) in [6, 6.07) is 2.33. The van der Waals surface area contributed by atoms with Crippen molar-refractivity contribution in [2.45, 2.75) is 44.2 Å². The topological polar surface area (TPSA) is 43.4 Å². The summed E-state index contributed by atoms with van der Waals surface area (Å²) in [6.07, 6.45) is 8.22. The molecule has 2 rings (SSSR count). The van der Waals surface area contributed by atoms with Crippen molar-refractivity contribution < 1.29 is 9.47 Å². The van der Waals surface area contributed by atoms with Gasteiger partial charge in [0, 0.05) is 19.3 Å². The van der Waals surface area contributed by atoms with Crippen molar-refractivity contribution >= 4 is 0 Å². The van der Waals surface area contributed by atoms with Gasteiger partial charge in [0.05, 0.1) is 18.4 Å². The second-order valence-corrected chi connectivity index (χ2v) is 5.17. The number of nitrogens with one attached hydrogen (secondary N) is 1. The Kier molecular flexibility index (Phi) is 4.77. The van der Waals surface area contributed by atoms with Crippen LogP contribution in [0.4, 0.5) is 0 Å². The number of hydrogen-bond donors (Lipinski definition) is 1. The van der Waals surface area contributed by atoms with Crippen LogP contribution in [0, 0.1) is 0 Å². The van der Waals surface area contributed by atoms with Crippen LogP contribution in [0.25, 0.3) is 0 Å². The van der Waals surface area contributed by atoms with E-state index in [1.165, 1.54) is 6.42 Å². The van der Waals surface area contributed by atoms with Gasteiger partial charge in [-0.25, -0.2) is 0 Å². The number of rotatable bonds is 7. The number of hydrogen-bond acceptors (Lipinski definition) is 4. The maximum Gasteiger partial charge on any atom is 0.137 e.